The molecule has 0 saturated heterocycles. The molecule has 0 aliphatic carbocycles. The van der Waals surface area contributed by atoms with Gasteiger partial charge in [-0.05, 0) is 66.7 Å². The average molecular weight is 454 g/mol. The van der Waals surface area contributed by atoms with E-state index in [1.165, 1.54) is 7.11 Å². The maximum Gasteiger partial charge on any atom is 0.362 e. The van der Waals surface area contributed by atoms with Gasteiger partial charge in [0, 0.05) is 10.0 Å². The van der Waals surface area contributed by atoms with E-state index in [1.807, 2.05) is 0 Å². The van der Waals surface area contributed by atoms with Gasteiger partial charge in [-0.1, -0.05) is 22.0 Å². The smallest absolute Gasteiger partial charge is 0.362 e. The number of benzene rings is 3. The van der Waals surface area contributed by atoms with Crippen LogP contribution in [0.4, 0.5) is 11.4 Å². The summed E-state index contributed by atoms with van der Waals surface area (Å²) < 4.78 is 5.96. The topological polar surface area (TPSA) is 89.3 Å². The molecule has 3 aromatic carbocycles. The van der Waals surface area contributed by atoms with Crippen molar-refractivity contribution in [1.82, 2.24) is 0 Å². The van der Waals surface area contributed by atoms with Crippen LogP contribution in [0.1, 0.15) is 20.7 Å². The van der Waals surface area contributed by atoms with Crippen LogP contribution >= 0.6 is 15.9 Å². The molecule has 8 heteroatoms. The van der Waals surface area contributed by atoms with E-state index in [0.29, 0.717) is 28.3 Å². The third-order valence-corrected chi connectivity index (χ3v) is 4.31. The molecule has 0 fully saturated rings. The molecule has 3 rings (SSSR count). The summed E-state index contributed by atoms with van der Waals surface area (Å²) in [7, 11) is 1.52. The molecule has 0 bridgehead atoms. The van der Waals surface area contributed by atoms with Gasteiger partial charge in [0.15, 0.2) is 0 Å². The standard InChI is InChI=1S/C21H16BrN3O4/c1-28-19-4-2-3-15(13-19)21(27)29-25-18-11-9-17(10-12-18)23-24-20(26)14-5-7-16(22)8-6-14/h2-13,25H,1H3. The van der Waals surface area contributed by atoms with Crippen molar-refractivity contribution < 1.29 is 19.2 Å². The van der Waals surface area contributed by atoms with Crippen molar-refractivity contribution in [2.45, 2.75) is 0 Å². The summed E-state index contributed by atoms with van der Waals surface area (Å²) in [5.74, 6) is -0.425. The first kappa shape index (κ1) is 20.2. The third-order valence-electron chi connectivity index (χ3n) is 3.78. The molecular formula is C21H16BrN3O4. The average Bonchev–Trinajstić information content (AvgIpc) is 2.77. The molecule has 0 saturated carbocycles. The number of amides is 1. The Bertz CT molecular complexity index is 1030. The van der Waals surface area contributed by atoms with Crippen molar-refractivity contribution in [1.29, 1.82) is 0 Å². The van der Waals surface area contributed by atoms with Gasteiger partial charge in [-0.25, -0.2) is 10.3 Å². The summed E-state index contributed by atoms with van der Waals surface area (Å²) in [5.41, 5.74) is 4.40. The highest BCUT2D eigenvalue weighted by Crippen LogP contribution is 2.19. The van der Waals surface area contributed by atoms with E-state index < -0.39 is 11.9 Å². The minimum Gasteiger partial charge on any atom is -0.497 e. The molecule has 7 nitrogen and oxygen atoms in total. The maximum atomic E-state index is 12.1. The molecule has 29 heavy (non-hydrogen) atoms. The van der Waals surface area contributed by atoms with Gasteiger partial charge in [-0.3, -0.25) is 4.79 Å². The summed E-state index contributed by atoms with van der Waals surface area (Å²) in [6.07, 6.45) is 0. The molecule has 3 aromatic rings. The molecule has 0 heterocycles. The molecule has 1 amide bonds. The maximum absolute atomic E-state index is 12.1. The zero-order valence-corrected chi connectivity index (χ0v) is 16.9. The first-order valence-electron chi connectivity index (χ1n) is 8.48. The van der Waals surface area contributed by atoms with Crippen molar-refractivity contribution in [2.75, 3.05) is 12.6 Å². The van der Waals surface area contributed by atoms with Crippen LogP contribution in [0, 0.1) is 0 Å². The van der Waals surface area contributed by atoms with Crippen LogP contribution in [0.2, 0.25) is 0 Å². The number of hydrogen-bond acceptors (Lipinski definition) is 6. The van der Waals surface area contributed by atoms with Gasteiger partial charge in [0.05, 0.1) is 24.0 Å². The molecule has 0 spiro atoms. The minimum absolute atomic E-state index is 0.355. The van der Waals surface area contributed by atoms with E-state index in [0.717, 1.165) is 4.47 Å². The molecule has 0 radical (unpaired) electrons. The van der Waals surface area contributed by atoms with Crippen molar-refractivity contribution in [3.05, 3.63) is 88.4 Å². The van der Waals surface area contributed by atoms with Gasteiger partial charge in [0.2, 0.25) is 0 Å². The minimum atomic E-state index is -0.548. The summed E-state index contributed by atoms with van der Waals surface area (Å²) >= 11 is 3.31. The van der Waals surface area contributed by atoms with E-state index >= 15 is 0 Å². The second kappa shape index (κ2) is 9.61. The predicted molar refractivity (Wildman–Crippen MR) is 111 cm³/mol. The fourth-order valence-electron chi connectivity index (χ4n) is 2.26. The number of carbonyl (C=O) groups excluding carboxylic acids is 2. The quantitative estimate of drug-likeness (QED) is 0.389. The van der Waals surface area contributed by atoms with Crippen LogP contribution in [0.5, 0.6) is 5.75 Å². The Hall–Kier alpha value is -3.52. The van der Waals surface area contributed by atoms with Gasteiger partial charge in [-0.15, -0.1) is 10.2 Å². The second-order valence-electron chi connectivity index (χ2n) is 5.78. The van der Waals surface area contributed by atoms with Crippen molar-refractivity contribution in [3.63, 3.8) is 0 Å². The van der Waals surface area contributed by atoms with Crippen LogP contribution < -0.4 is 10.2 Å². The van der Waals surface area contributed by atoms with E-state index in [-0.39, 0.29) is 0 Å². The Balaban J connectivity index is 1.56. The predicted octanol–water partition coefficient (Wildman–Crippen LogP) is 5.57. The van der Waals surface area contributed by atoms with Crippen molar-refractivity contribution in [3.8, 4) is 5.75 Å². The summed E-state index contributed by atoms with van der Waals surface area (Å²) in [6, 6.07) is 20.1. The lowest BCUT2D eigenvalue weighted by molar-refractivity contribution is 0.0596. The molecule has 146 valence electrons. The van der Waals surface area contributed by atoms with E-state index in [9.17, 15) is 9.59 Å². The highest BCUT2D eigenvalue weighted by Gasteiger charge is 2.09. The number of nitrogens with zero attached hydrogens (tertiary/aromatic N) is 2. The number of anilines is 1. The van der Waals surface area contributed by atoms with Gasteiger partial charge < -0.3 is 9.57 Å². The van der Waals surface area contributed by atoms with Crippen LogP contribution in [0.15, 0.2) is 87.5 Å². The Morgan fingerprint density at radius 2 is 1.66 bits per heavy atom. The molecule has 0 atom stereocenters. The second-order valence-corrected chi connectivity index (χ2v) is 6.70. The number of azo groups is 1. The largest absolute Gasteiger partial charge is 0.497 e. The van der Waals surface area contributed by atoms with Crippen LogP contribution in [-0.2, 0) is 4.84 Å². The van der Waals surface area contributed by atoms with Crippen molar-refractivity contribution >= 4 is 39.2 Å². The zero-order valence-electron chi connectivity index (χ0n) is 15.3. The Morgan fingerprint density at radius 3 is 2.34 bits per heavy atom. The Morgan fingerprint density at radius 1 is 0.931 bits per heavy atom. The van der Waals surface area contributed by atoms with Crippen LogP contribution in [-0.4, -0.2) is 19.0 Å². The fraction of sp³-hybridized carbons (Fsp3) is 0.0476. The summed E-state index contributed by atoms with van der Waals surface area (Å²) in [6.45, 7) is 0. The molecule has 0 aliphatic heterocycles. The lowest BCUT2D eigenvalue weighted by Crippen LogP contribution is -2.10. The van der Waals surface area contributed by atoms with Crippen LogP contribution in [0.25, 0.3) is 0 Å². The zero-order chi connectivity index (χ0) is 20.6. The number of hydrogen-bond donors (Lipinski definition) is 1. The third kappa shape index (κ3) is 5.73. The number of rotatable bonds is 6. The number of carbonyl (C=O) groups is 2. The SMILES string of the molecule is COc1cccc(C(=O)ONc2ccc(N=NC(=O)c3ccc(Br)cc3)cc2)c1. The Labute approximate surface area is 175 Å². The van der Waals surface area contributed by atoms with Gasteiger partial charge in [-0.2, -0.15) is 0 Å². The first-order chi connectivity index (χ1) is 14.0. The van der Waals surface area contributed by atoms with Crippen LogP contribution in [0.3, 0.4) is 0 Å². The monoisotopic (exact) mass is 453 g/mol. The fourth-order valence-corrected chi connectivity index (χ4v) is 2.53. The number of ether oxygens (including phenoxy) is 1. The molecule has 1 N–H and O–H groups in total. The van der Waals surface area contributed by atoms with E-state index in [2.05, 4.69) is 31.6 Å². The van der Waals surface area contributed by atoms with E-state index in [1.54, 1.807) is 72.8 Å². The summed E-state index contributed by atoms with van der Waals surface area (Å²) in [5, 5.41) is 7.63. The highest BCUT2D eigenvalue weighted by atomic mass is 79.9. The van der Waals surface area contributed by atoms with Gasteiger partial charge in [0.1, 0.15) is 5.75 Å². The van der Waals surface area contributed by atoms with E-state index in [4.69, 9.17) is 9.57 Å². The number of methoxy groups -OCH3 is 1. The molecule has 0 aromatic heterocycles. The number of nitrogens with one attached hydrogen (secondary N) is 1. The summed E-state index contributed by atoms with van der Waals surface area (Å²) in [4.78, 5) is 29.1. The normalized spacial score (nSPS) is 10.6. The molecule has 0 unspecified atom stereocenters. The Kier molecular flexibility index (Phi) is 6.70. The van der Waals surface area contributed by atoms with Gasteiger partial charge >= 0.3 is 5.97 Å². The van der Waals surface area contributed by atoms with Gasteiger partial charge in [0.25, 0.3) is 5.91 Å². The molecular weight excluding hydrogens is 438 g/mol. The number of halogens is 1. The first-order valence-corrected chi connectivity index (χ1v) is 9.27. The lowest BCUT2D eigenvalue weighted by atomic mass is 10.2. The van der Waals surface area contributed by atoms with Crippen molar-refractivity contribution in [2.24, 2.45) is 10.2 Å². The molecule has 0 aliphatic rings. The highest BCUT2D eigenvalue weighted by molar-refractivity contribution is 9.10. The lowest BCUT2D eigenvalue weighted by Gasteiger charge is -2.07.